The van der Waals surface area contributed by atoms with Crippen LogP contribution < -0.4 is 20.1 Å². The first-order valence-corrected chi connectivity index (χ1v) is 6.26. The second kappa shape index (κ2) is 6.76. The van der Waals surface area contributed by atoms with Gasteiger partial charge in [0.1, 0.15) is 12.7 Å². The van der Waals surface area contributed by atoms with Crippen molar-refractivity contribution in [2.75, 3.05) is 26.3 Å². The van der Waals surface area contributed by atoms with Crippen molar-refractivity contribution in [3.63, 3.8) is 0 Å². The van der Waals surface area contributed by atoms with Crippen molar-refractivity contribution in [3.8, 4) is 11.5 Å². The molecule has 1 atom stereocenters. The lowest BCUT2D eigenvalue weighted by molar-refractivity contribution is -0.139. The van der Waals surface area contributed by atoms with Crippen LogP contribution in [0, 0.1) is 0 Å². The predicted molar refractivity (Wildman–Crippen MR) is 69.5 cm³/mol. The maximum atomic E-state index is 11.4. The fraction of sp³-hybridized carbons (Fsp3) is 0.385. The van der Waals surface area contributed by atoms with Crippen LogP contribution in [0.3, 0.4) is 0 Å². The Balaban J connectivity index is 1.78. The van der Waals surface area contributed by atoms with E-state index in [1.165, 1.54) is 0 Å². The number of benzene rings is 1. The molecule has 0 fully saturated rings. The molecule has 2 rings (SSSR count). The van der Waals surface area contributed by atoms with Crippen LogP contribution in [-0.4, -0.2) is 49.3 Å². The fourth-order valence-electron chi connectivity index (χ4n) is 1.70. The molecule has 7 nitrogen and oxygen atoms in total. The zero-order valence-electron chi connectivity index (χ0n) is 10.8. The van der Waals surface area contributed by atoms with Crippen molar-refractivity contribution >= 4 is 11.8 Å². The van der Waals surface area contributed by atoms with Gasteiger partial charge in [0.15, 0.2) is 11.5 Å². The van der Waals surface area contributed by atoms with E-state index < -0.39 is 11.8 Å². The van der Waals surface area contributed by atoms with Crippen LogP contribution in [0.5, 0.6) is 11.5 Å². The van der Waals surface area contributed by atoms with Crippen molar-refractivity contribution in [3.05, 3.63) is 24.3 Å². The van der Waals surface area contributed by atoms with Gasteiger partial charge in [-0.3, -0.25) is 9.59 Å². The molecule has 0 saturated heterocycles. The van der Waals surface area contributed by atoms with E-state index in [9.17, 15) is 9.59 Å². The SMILES string of the molecule is O=C(NCCO)C(=O)NC[C@@H]1COc2ccccc2O1. The lowest BCUT2D eigenvalue weighted by Gasteiger charge is -2.26. The summed E-state index contributed by atoms with van der Waals surface area (Å²) >= 11 is 0. The number of rotatable bonds is 4. The van der Waals surface area contributed by atoms with Gasteiger partial charge in [0.25, 0.3) is 0 Å². The number of aliphatic hydroxyl groups excluding tert-OH is 1. The molecule has 7 heteroatoms. The van der Waals surface area contributed by atoms with Crippen molar-refractivity contribution in [2.24, 2.45) is 0 Å². The number of fused-ring (bicyclic) bond motifs is 1. The molecular formula is C13H16N2O5. The summed E-state index contributed by atoms with van der Waals surface area (Å²) in [6.45, 7) is 0.299. The third-order valence-electron chi connectivity index (χ3n) is 2.66. The molecule has 3 N–H and O–H groups in total. The van der Waals surface area contributed by atoms with E-state index in [1.54, 1.807) is 12.1 Å². The minimum Gasteiger partial charge on any atom is -0.486 e. The number of amides is 2. The fourth-order valence-corrected chi connectivity index (χ4v) is 1.70. The molecule has 108 valence electrons. The molecule has 1 aliphatic heterocycles. The van der Waals surface area contributed by atoms with Gasteiger partial charge in [-0.25, -0.2) is 0 Å². The second-order valence-electron chi connectivity index (χ2n) is 4.19. The van der Waals surface area contributed by atoms with Gasteiger partial charge in [-0.15, -0.1) is 0 Å². The Morgan fingerprint density at radius 1 is 1.20 bits per heavy atom. The molecule has 0 unspecified atom stereocenters. The Bertz CT molecular complexity index is 491. The highest BCUT2D eigenvalue weighted by Crippen LogP contribution is 2.30. The number of para-hydroxylation sites is 2. The van der Waals surface area contributed by atoms with E-state index in [2.05, 4.69) is 10.6 Å². The highest BCUT2D eigenvalue weighted by molar-refractivity contribution is 6.35. The zero-order valence-corrected chi connectivity index (χ0v) is 10.8. The maximum absolute atomic E-state index is 11.4. The molecule has 0 aromatic heterocycles. The molecule has 1 heterocycles. The molecule has 1 aromatic rings. The maximum Gasteiger partial charge on any atom is 0.309 e. The second-order valence-corrected chi connectivity index (χ2v) is 4.19. The highest BCUT2D eigenvalue weighted by atomic mass is 16.6. The Labute approximate surface area is 115 Å². The molecule has 0 saturated carbocycles. The Kier molecular flexibility index (Phi) is 4.78. The van der Waals surface area contributed by atoms with Gasteiger partial charge < -0.3 is 25.2 Å². The molecule has 2 amide bonds. The summed E-state index contributed by atoms with van der Waals surface area (Å²) in [4.78, 5) is 22.7. The molecule has 20 heavy (non-hydrogen) atoms. The first-order chi connectivity index (χ1) is 9.70. The summed E-state index contributed by atoms with van der Waals surface area (Å²) in [7, 11) is 0. The van der Waals surface area contributed by atoms with Gasteiger partial charge in [0, 0.05) is 6.54 Å². The average molecular weight is 280 g/mol. The van der Waals surface area contributed by atoms with Crippen LogP contribution in [-0.2, 0) is 9.59 Å². The largest absolute Gasteiger partial charge is 0.486 e. The molecular weight excluding hydrogens is 264 g/mol. The summed E-state index contributed by atoms with van der Waals surface area (Å²) in [5.41, 5.74) is 0. The Morgan fingerprint density at radius 3 is 2.65 bits per heavy atom. The summed E-state index contributed by atoms with van der Waals surface area (Å²) in [6.07, 6.45) is -0.348. The van der Waals surface area contributed by atoms with Gasteiger partial charge in [0.05, 0.1) is 13.2 Å². The van der Waals surface area contributed by atoms with Gasteiger partial charge in [0.2, 0.25) is 0 Å². The summed E-state index contributed by atoms with van der Waals surface area (Å²) in [5, 5.41) is 13.3. The van der Waals surface area contributed by atoms with Crippen LogP contribution in [0.25, 0.3) is 0 Å². The number of carbonyl (C=O) groups excluding carboxylic acids is 2. The van der Waals surface area contributed by atoms with Gasteiger partial charge in [-0.2, -0.15) is 0 Å². The number of aliphatic hydroxyl groups is 1. The van der Waals surface area contributed by atoms with E-state index in [0.29, 0.717) is 18.1 Å². The quantitative estimate of drug-likeness (QED) is 0.618. The van der Waals surface area contributed by atoms with Gasteiger partial charge in [-0.05, 0) is 12.1 Å². The number of ether oxygens (including phenoxy) is 2. The predicted octanol–water partition coefficient (Wildman–Crippen LogP) is -0.949. The summed E-state index contributed by atoms with van der Waals surface area (Å²) in [6, 6.07) is 7.24. The van der Waals surface area contributed by atoms with E-state index in [1.807, 2.05) is 12.1 Å². The summed E-state index contributed by atoms with van der Waals surface area (Å²) < 4.78 is 11.1. The average Bonchev–Trinajstić information content (AvgIpc) is 2.50. The Hall–Kier alpha value is -2.28. The minimum absolute atomic E-state index is 0.0443. The first-order valence-electron chi connectivity index (χ1n) is 6.26. The van der Waals surface area contributed by atoms with Crippen LogP contribution >= 0.6 is 0 Å². The Morgan fingerprint density at radius 2 is 1.90 bits per heavy atom. The van der Waals surface area contributed by atoms with Gasteiger partial charge in [-0.1, -0.05) is 12.1 Å². The van der Waals surface area contributed by atoms with Crippen LogP contribution in [0.4, 0.5) is 0 Å². The number of hydrogen-bond donors (Lipinski definition) is 3. The molecule has 1 aliphatic rings. The molecule has 0 aliphatic carbocycles. The number of nitrogens with one attached hydrogen (secondary N) is 2. The van der Waals surface area contributed by atoms with Crippen LogP contribution in [0.15, 0.2) is 24.3 Å². The number of hydrogen-bond acceptors (Lipinski definition) is 5. The normalized spacial score (nSPS) is 16.4. The zero-order chi connectivity index (χ0) is 14.4. The van der Waals surface area contributed by atoms with E-state index >= 15 is 0 Å². The van der Waals surface area contributed by atoms with Crippen LogP contribution in [0.1, 0.15) is 0 Å². The minimum atomic E-state index is -0.781. The van der Waals surface area contributed by atoms with Crippen molar-refractivity contribution in [1.82, 2.24) is 10.6 Å². The molecule has 0 bridgehead atoms. The first kappa shape index (κ1) is 14.1. The van der Waals surface area contributed by atoms with Gasteiger partial charge >= 0.3 is 11.8 Å². The molecule has 0 spiro atoms. The third kappa shape index (κ3) is 3.61. The lowest BCUT2D eigenvalue weighted by atomic mass is 10.2. The summed E-state index contributed by atoms with van der Waals surface area (Å²) in [5.74, 6) is -0.268. The third-order valence-corrected chi connectivity index (χ3v) is 2.66. The topological polar surface area (TPSA) is 96.9 Å². The van der Waals surface area contributed by atoms with E-state index in [-0.39, 0.29) is 25.8 Å². The smallest absolute Gasteiger partial charge is 0.309 e. The van der Waals surface area contributed by atoms with Crippen molar-refractivity contribution in [2.45, 2.75) is 6.10 Å². The lowest BCUT2D eigenvalue weighted by Crippen LogP contribution is -2.46. The monoisotopic (exact) mass is 280 g/mol. The highest BCUT2D eigenvalue weighted by Gasteiger charge is 2.22. The van der Waals surface area contributed by atoms with Crippen molar-refractivity contribution in [1.29, 1.82) is 0 Å². The van der Waals surface area contributed by atoms with Crippen molar-refractivity contribution < 1.29 is 24.2 Å². The standard InChI is InChI=1S/C13H16N2O5/c16-6-5-14-12(17)13(18)15-7-9-8-19-10-3-1-2-4-11(10)20-9/h1-4,9,16H,5-8H2,(H,14,17)(H,15,18)/t9-/m1/s1. The van der Waals surface area contributed by atoms with E-state index in [4.69, 9.17) is 14.6 Å². The molecule has 0 radical (unpaired) electrons. The number of carbonyl (C=O) groups is 2. The molecule has 1 aromatic carbocycles. The van der Waals surface area contributed by atoms with E-state index in [0.717, 1.165) is 0 Å². The van der Waals surface area contributed by atoms with Crippen LogP contribution in [0.2, 0.25) is 0 Å².